The minimum atomic E-state index is -0.166. The molecule has 0 atom stereocenters. The zero-order valence-electron chi connectivity index (χ0n) is 10.7. The average molecular weight is 231 g/mol. The van der Waals surface area contributed by atoms with Gasteiger partial charge in [0.15, 0.2) is 0 Å². The van der Waals surface area contributed by atoms with Crippen LogP contribution in [0, 0.1) is 5.41 Å². The van der Waals surface area contributed by atoms with Crippen LogP contribution in [0.3, 0.4) is 0 Å². The molecule has 96 valence electrons. The molecule has 0 aliphatic rings. The molecule has 0 heterocycles. The molecule has 4 heteroatoms. The summed E-state index contributed by atoms with van der Waals surface area (Å²) in [7, 11) is 1.40. The quantitative estimate of drug-likeness (QED) is 0.464. The number of nitrogens with one attached hydrogen (secondary N) is 1. The summed E-state index contributed by atoms with van der Waals surface area (Å²) in [5.74, 6) is -0.166. The third kappa shape index (κ3) is 5.47. The van der Waals surface area contributed by atoms with Crippen molar-refractivity contribution in [3.05, 3.63) is 0 Å². The minimum absolute atomic E-state index is 0.00867. The lowest BCUT2D eigenvalue weighted by Gasteiger charge is -2.29. The highest BCUT2D eigenvalue weighted by Crippen LogP contribution is 2.24. The monoisotopic (exact) mass is 231 g/mol. The van der Waals surface area contributed by atoms with Gasteiger partial charge < -0.3 is 15.2 Å². The maximum Gasteiger partial charge on any atom is 0.305 e. The van der Waals surface area contributed by atoms with E-state index in [4.69, 9.17) is 0 Å². The highest BCUT2D eigenvalue weighted by Gasteiger charge is 2.24. The Balaban J connectivity index is 3.67. The highest BCUT2D eigenvalue weighted by atomic mass is 16.5. The summed E-state index contributed by atoms with van der Waals surface area (Å²) >= 11 is 0. The molecular weight excluding hydrogens is 206 g/mol. The number of rotatable bonds is 9. The Bertz CT molecular complexity index is 182. The largest absolute Gasteiger partial charge is 0.469 e. The van der Waals surface area contributed by atoms with Crippen molar-refractivity contribution in [2.45, 2.75) is 39.5 Å². The van der Waals surface area contributed by atoms with Crippen LogP contribution in [-0.2, 0) is 9.53 Å². The van der Waals surface area contributed by atoms with Crippen LogP contribution in [0.1, 0.15) is 39.5 Å². The molecule has 0 saturated heterocycles. The van der Waals surface area contributed by atoms with Gasteiger partial charge in [-0.3, -0.25) is 4.79 Å². The first-order valence-electron chi connectivity index (χ1n) is 6.02. The van der Waals surface area contributed by atoms with Crippen molar-refractivity contribution in [2.24, 2.45) is 5.41 Å². The van der Waals surface area contributed by atoms with E-state index in [0.29, 0.717) is 6.42 Å². The van der Waals surface area contributed by atoms with Gasteiger partial charge in [0.25, 0.3) is 0 Å². The Morgan fingerprint density at radius 2 is 2.00 bits per heavy atom. The molecule has 0 aromatic carbocycles. The lowest BCUT2D eigenvalue weighted by Crippen LogP contribution is -2.37. The van der Waals surface area contributed by atoms with Gasteiger partial charge >= 0.3 is 5.97 Å². The van der Waals surface area contributed by atoms with Crippen molar-refractivity contribution in [3.63, 3.8) is 0 Å². The van der Waals surface area contributed by atoms with Crippen LogP contribution in [0.2, 0.25) is 0 Å². The second-order valence-corrected chi connectivity index (χ2v) is 4.22. The van der Waals surface area contributed by atoms with Crippen molar-refractivity contribution in [3.8, 4) is 0 Å². The van der Waals surface area contributed by atoms with E-state index in [1.165, 1.54) is 7.11 Å². The Hall–Kier alpha value is -0.610. The third-order valence-corrected chi connectivity index (χ3v) is 3.30. The molecule has 0 aliphatic heterocycles. The summed E-state index contributed by atoms with van der Waals surface area (Å²) in [5, 5.41) is 12.6. The van der Waals surface area contributed by atoms with E-state index in [1.807, 2.05) is 0 Å². The normalized spacial score (nSPS) is 11.5. The van der Waals surface area contributed by atoms with Crippen molar-refractivity contribution >= 4 is 5.97 Å². The van der Waals surface area contributed by atoms with Crippen molar-refractivity contribution in [1.82, 2.24) is 5.32 Å². The van der Waals surface area contributed by atoms with Gasteiger partial charge in [-0.1, -0.05) is 13.8 Å². The Morgan fingerprint density at radius 3 is 2.44 bits per heavy atom. The van der Waals surface area contributed by atoms with Gasteiger partial charge in [-0.15, -0.1) is 0 Å². The highest BCUT2D eigenvalue weighted by molar-refractivity contribution is 5.69. The number of esters is 1. The maximum absolute atomic E-state index is 10.9. The minimum Gasteiger partial charge on any atom is -0.469 e. The molecule has 0 saturated carbocycles. The van der Waals surface area contributed by atoms with Crippen molar-refractivity contribution in [2.75, 3.05) is 26.8 Å². The molecule has 0 rings (SSSR count). The second-order valence-electron chi connectivity index (χ2n) is 4.22. The van der Waals surface area contributed by atoms with Crippen LogP contribution in [0.4, 0.5) is 0 Å². The number of hydrogen-bond acceptors (Lipinski definition) is 4. The van der Waals surface area contributed by atoms with E-state index < -0.39 is 0 Å². The molecule has 0 aromatic heterocycles. The summed E-state index contributed by atoms with van der Waals surface area (Å²) in [6, 6.07) is 0. The summed E-state index contributed by atoms with van der Waals surface area (Å²) in [4.78, 5) is 10.9. The first-order chi connectivity index (χ1) is 7.64. The summed E-state index contributed by atoms with van der Waals surface area (Å²) < 4.78 is 4.55. The number of aliphatic hydroxyl groups is 1. The van der Waals surface area contributed by atoms with Gasteiger partial charge in [-0.05, 0) is 25.8 Å². The predicted molar refractivity (Wildman–Crippen MR) is 64.2 cm³/mol. The zero-order valence-corrected chi connectivity index (χ0v) is 10.7. The van der Waals surface area contributed by atoms with E-state index in [9.17, 15) is 9.90 Å². The number of carbonyl (C=O) groups excluding carboxylic acids is 1. The SMILES string of the molecule is CCC(CC)(CO)CNCCCC(=O)OC. The van der Waals surface area contributed by atoms with Crippen LogP contribution in [0.15, 0.2) is 0 Å². The standard InChI is InChI=1S/C12H25NO3/c1-4-12(5-2,10-14)9-13-8-6-7-11(15)16-3/h13-14H,4-10H2,1-3H3. The van der Waals surface area contributed by atoms with Gasteiger partial charge in [0, 0.05) is 25.0 Å². The molecule has 0 bridgehead atoms. The topological polar surface area (TPSA) is 58.6 Å². The molecule has 0 aromatic rings. The van der Waals surface area contributed by atoms with E-state index in [1.54, 1.807) is 0 Å². The molecular formula is C12H25NO3. The summed E-state index contributed by atoms with van der Waals surface area (Å²) in [6.07, 6.45) is 3.16. The van der Waals surface area contributed by atoms with Crippen LogP contribution in [-0.4, -0.2) is 37.9 Å². The number of ether oxygens (including phenoxy) is 1. The van der Waals surface area contributed by atoms with Crippen molar-refractivity contribution < 1.29 is 14.6 Å². The molecule has 0 fully saturated rings. The molecule has 0 aliphatic carbocycles. The predicted octanol–water partition coefficient (Wildman–Crippen LogP) is 1.33. The van der Waals surface area contributed by atoms with E-state index in [0.717, 1.165) is 32.4 Å². The fraction of sp³-hybridized carbons (Fsp3) is 0.917. The van der Waals surface area contributed by atoms with E-state index in [2.05, 4.69) is 23.9 Å². The van der Waals surface area contributed by atoms with Gasteiger partial charge in [-0.25, -0.2) is 0 Å². The molecule has 2 N–H and O–H groups in total. The molecule has 0 amide bonds. The molecule has 0 unspecified atom stereocenters. The van der Waals surface area contributed by atoms with Crippen LogP contribution in [0.25, 0.3) is 0 Å². The summed E-state index contributed by atoms with van der Waals surface area (Å²) in [6.45, 7) is 5.99. The Labute approximate surface area is 98.4 Å². The lowest BCUT2D eigenvalue weighted by molar-refractivity contribution is -0.140. The zero-order chi connectivity index (χ0) is 12.4. The fourth-order valence-corrected chi connectivity index (χ4v) is 1.59. The van der Waals surface area contributed by atoms with Gasteiger partial charge in [0.1, 0.15) is 0 Å². The van der Waals surface area contributed by atoms with Crippen LogP contribution < -0.4 is 5.32 Å². The van der Waals surface area contributed by atoms with E-state index >= 15 is 0 Å². The smallest absolute Gasteiger partial charge is 0.305 e. The molecule has 16 heavy (non-hydrogen) atoms. The fourth-order valence-electron chi connectivity index (χ4n) is 1.59. The second kappa shape index (κ2) is 8.53. The summed E-state index contributed by atoms with van der Waals surface area (Å²) in [5.41, 5.74) is -0.00867. The van der Waals surface area contributed by atoms with E-state index in [-0.39, 0.29) is 18.0 Å². The lowest BCUT2D eigenvalue weighted by atomic mass is 9.83. The van der Waals surface area contributed by atoms with Crippen LogP contribution >= 0.6 is 0 Å². The Kier molecular flexibility index (Phi) is 8.21. The first-order valence-corrected chi connectivity index (χ1v) is 6.02. The third-order valence-electron chi connectivity index (χ3n) is 3.30. The van der Waals surface area contributed by atoms with Gasteiger partial charge in [-0.2, -0.15) is 0 Å². The Morgan fingerprint density at radius 1 is 1.38 bits per heavy atom. The number of aliphatic hydroxyl groups excluding tert-OH is 1. The van der Waals surface area contributed by atoms with Crippen molar-refractivity contribution in [1.29, 1.82) is 0 Å². The van der Waals surface area contributed by atoms with Crippen LogP contribution in [0.5, 0.6) is 0 Å². The van der Waals surface area contributed by atoms with Gasteiger partial charge in [0.05, 0.1) is 7.11 Å². The maximum atomic E-state index is 10.9. The number of carbonyl (C=O) groups is 1. The average Bonchev–Trinajstić information content (AvgIpc) is 2.34. The number of methoxy groups -OCH3 is 1. The molecule has 0 radical (unpaired) electrons. The molecule has 4 nitrogen and oxygen atoms in total. The number of hydrogen-bond donors (Lipinski definition) is 2. The first kappa shape index (κ1) is 15.4. The van der Waals surface area contributed by atoms with Gasteiger partial charge in [0.2, 0.25) is 0 Å². The molecule has 0 spiro atoms.